The highest BCUT2D eigenvalue weighted by molar-refractivity contribution is 6.00. The molecule has 7 nitrogen and oxygen atoms in total. The second-order valence-electron chi connectivity index (χ2n) is 7.60. The second kappa shape index (κ2) is 10.8. The predicted molar refractivity (Wildman–Crippen MR) is 124 cm³/mol. The van der Waals surface area contributed by atoms with Crippen molar-refractivity contribution in [2.75, 3.05) is 39.5 Å². The molecule has 0 atom stereocenters. The quantitative estimate of drug-likeness (QED) is 0.292. The van der Waals surface area contributed by atoms with E-state index in [9.17, 15) is 4.79 Å². The first kappa shape index (κ1) is 21.9. The van der Waals surface area contributed by atoms with Crippen molar-refractivity contribution in [2.24, 2.45) is 5.16 Å². The van der Waals surface area contributed by atoms with Gasteiger partial charge in [0.2, 0.25) is 0 Å². The number of fused-ring (bicyclic) bond motifs is 1. The maximum Gasteiger partial charge on any atom is 0.260 e. The van der Waals surface area contributed by atoms with Crippen molar-refractivity contribution in [1.29, 1.82) is 0 Å². The molecule has 1 saturated heterocycles. The van der Waals surface area contributed by atoms with Gasteiger partial charge in [-0.05, 0) is 53.8 Å². The van der Waals surface area contributed by atoms with E-state index in [0.717, 1.165) is 24.2 Å². The lowest BCUT2D eigenvalue weighted by Gasteiger charge is -2.26. The normalized spacial score (nSPS) is 14.5. The number of hydrogen-bond acceptors (Lipinski definition) is 5. The van der Waals surface area contributed by atoms with Gasteiger partial charge in [-0.15, -0.1) is 0 Å². The van der Waals surface area contributed by atoms with E-state index in [-0.39, 0.29) is 12.5 Å². The number of hydrogen-bond donors (Lipinski definition) is 0. The molecule has 0 N–H and O–H groups in total. The highest BCUT2D eigenvalue weighted by Gasteiger charge is 2.17. The zero-order valence-corrected chi connectivity index (χ0v) is 18.4. The molecule has 1 aromatic heterocycles. The molecule has 2 heterocycles. The van der Waals surface area contributed by atoms with E-state index < -0.39 is 0 Å². The van der Waals surface area contributed by atoms with Crippen LogP contribution in [0.4, 0.5) is 0 Å². The number of aromatic nitrogens is 1. The molecular weight excluding hydrogens is 406 g/mol. The molecule has 1 fully saturated rings. The SMILES string of the molecule is CCC(=NOCCn1ccc2ccccc21)c1ccc(OCC(=O)N2CCOCC2)cc1. The average molecular weight is 436 g/mol. The van der Waals surface area contributed by atoms with Gasteiger partial charge in [0.1, 0.15) is 12.4 Å². The van der Waals surface area contributed by atoms with Crippen LogP contribution in [0.3, 0.4) is 0 Å². The topological polar surface area (TPSA) is 65.3 Å². The van der Waals surface area contributed by atoms with Crippen LogP contribution in [-0.2, 0) is 20.9 Å². The van der Waals surface area contributed by atoms with Crippen LogP contribution >= 0.6 is 0 Å². The maximum absolute atomic E-state index is 12.2. The summed E-state index contributed by atoms with van der Waals surface area (Å²) >= 11 is 0. The van der Waals surface area contributed by atoms with Gasteiger partial charge in [0.05, 0.1) is 25.5 Å². The predicted octanol–water partition coefficient (Wildman–Crippen LogP) is 3.71. The summed E-state index contributed by atoms with van der Waals surface area (Å²) < 4.78 is 13.1. The van der Waals surface area contributed by atoms with Crippen LogP contribution in [0.2, 0.25) is 0 Å². The van der Waals surface area contributed by atoms with Crippen molar-refractivity contribution >= 4 is 22.5 Å². The molecule has 2 aromatic carbocycles. The molecule has 0 unspecified atom stereocenters. The fourth-order valence-corrected chi connectivity index (χ4v) is 3.71. The molecule has 0 saturated carbocycles. The van der Waals surface area contributed by atoms with Gasteiger partial charge in [-0.1, -0.05) is 30.3 Å². The molecule has 0 bridgehead atoms. The molecule has 1 aliphatic rings. The van der Waals surface area contributed by atoms with E-state index in [2.05, 4.69) is 34.1 Å². The van der Waals surface area contributed by atoms with Crippen LogP contribution < -0.4 is 4.74 Å². The van der Waals surface area contributed by atoms with Gasteiger partial charge in [0.25, 0.3) is 5.91 Å². The Balaban J connectivity index is 1.27. The second-order valence-corrected chi connectivity index (χ2v) is 7.60. The Labute approximate surface area is 188 Å². The van der Waals surface area contributed by atoms with Gasteiger partial charge in [0.15, 0.2) is 6.61 Å². The zero-order valence-electron chi connectivity index (χ0n) is 18.4. The lowest BCUT2D eigenvalue weighted by Crippen LogP contribution is -2.42. The summed E-state index contributed by atoms with van der Waals surface area (Å²) in [6.45, 7) is 5.73. The summed E-state index contributed by atoms with van der Waals surface area (Å²) in [5, 5.41) is 5.57. The van der Waals surface area contributed by atoms with Crippen molar-refractivity contribution in [2.45, 2.75) is 19.9 Å². The molecule has 4 rings (SSSR count). The van der Waals surface area contributed by atoms with Crippen molar-refractivity contribution in [3.8, 4) is 5.75 Å². The van der Waals surface area contributed by atoms with Crippen molar-refractivity contribution in [3.05, 3.63) is 66.4 Å². The van der Waals surface area contributed by atoms with E-state index in [0.29, 0.717) is 38.7 Å². The van der Waals surface area contributed by atoms with Gasteiger partial charge in [-0.3, -0.25) is 4.79 Å². The Hall–Kier alpha value is -3.32. The minimum atomic E-state index is -0.0166. The first-order valence-corrected chi connectivity index (χ1v) is 11.1. The van der Waals surface area contributed by atoms with E-state index in [4.69, 9.17) is 14.3 Å². The molecule has 0 aliphatic carbocycles. The van der Waals surface area contributed by atoms with Crippen molar-refractivity contribution in [3.63, 3.8) is 0 Å². The highest BCUT2D eigenvalue weighted by Crippen LogP contribution is 2.16. The molecular formula is C25H29N3O4. The van der Waals surface area contributed by atoms with Gasteiger partial charge in [-0.2, -0.15) is 0 Å². The van der Waals surface area contributed by atoms with Crippen LogP contribution in [0.25, 0.3) is 10.9 Å². The van der Waals surface area contributed by atoms with Gasteiger partial charge < -0.3 is 23.8 Å². The monoisotopic (exact) mass is 435 g/mol. The highest BCUT2D eigenvalue weighted by atomic mass is 16.6. The lowest BCUT2D eigenvalue weighted by molar-refractivity contribution is -0.137. The number of morpholine rings is 1. The van der Waals surface area contributed by atoms with Gasteiger partial charge in [0, 0.05) is 24.8 Å². The van der Waals surface area contributed by atoms with Crippen LogP contribution in [0.5, 0.6) is 5.75 Å². The Morgan fingerprint density at radius 3 is 2.62 bits per heavy atom. The van der Waals surface area contributed by atoms with E-state index in [1.54, 1.807) is 4.90 Å². The lowest BCUT2D eigenvalue weighted by atomic mass is 10.1. The molecule has 3 aromatic rings. The molecule has 32 heavy (non-hydrogen) atoms. The number of ether oxygens (including phenoxy) is 2. The number of nitrogens with zero attached hydrogens (tertiary/aromatic N) is 3. The number of para-hydroxylation sites is 1. The van der Waals surface area contributed by atoms with Crippen molar-refractivity contribution < 1.29 is 19.1 Å². The zero-order chi connectivity index (χ0) is 22.2. The average Bonchev–Trinajstić information content (AvgIpc) is 3.27. The van der Waals surface area contributed by atoms with Crippen molar-refractivity contribution in [1.82, 2.24) is 9.47 Å². The molecule has 1 aliphatic heterocycles. The first-order valence-electron chi connectivity index (χ1n) is 11.1. The fraction of sp³-hybridized carbons (Fsp3) is 0.360. The third-order valence-electron chi connectivity index (χ3n) is 5.53. The Morgan fingerprint density at radius 2 is 1.84 bits per heavy atom. The fourth-order valence-electron chi connectivity index (χ4n) is 3.71. The smallest absolute Gasteiger partial charge is 0.260 e. The summed E-state index contributed by atoms with van der Waals surface area (Å²) in [5.41, 5.74) is 3.04. The third kappa shape index (κ3) is 5.48. The van der Waals surface area contributed by atoms with Crippen LogP contribution in [0, 0.1) is 0 Å². The van der Waals surface area contributed by atoms with Crippen LogP contribution in [-0.4, -0.2) is 60.6 Å². The number of carbonyl (C=O) groups excluding carboxylic acids is 1. The summed E-state index contributed by atoms with van der Waals surface area (Å²) in [7, 11) is 0. The Morgan fingerprint density at radius 1 is 1.06 bits per heavy atom. The summed E-state index contributed by atoms with van der Waals surface area (Å²) in [6, 6.07) is 18.0. The Bertz CT molecular complexity index is 1050. The first-order chi connectivity index (χ1) is 15.7. The van der Waals surface area contributed by atoms with Crippen LogP contribution in [0.1, 0.15) is 18.9 Å². The number of amides is 1. The summed E-state index contributed by atoms with van der Waals surface area (Å²) in [4.78, 5) is 19.6. The van der Waals surface area contributed by atoms with E-state index in [1.165, 1.54) is 10.9 Å². The number of carbonyl (C=O) groups is 1. The van der Waals surface area contributed by atoms with Gasteiger partial charge >= 0.3 is 0 Å². The summed E-state index contributed by atoms with van der Waals surface area (Å²) in [5.74, 6) is 0.642. The van der Waals surface area contributed by atoms with E-state index in [1.807, 2.05) is 43.3 Å². The third-order valence-corrected chi connectivity index (χ3v) is 5.53. The Kier molecular flexibility index (Phi) is 7.40. The van der Waals surface area contributed by atoms with Crippen LogP contribution in [0.15, 0.2) is 65.9 Å². The maximum atomic E-state index is 12.2. The largest absolute Gasteiger partial charge is 0.484 e. The minimum absolute atomic E-state index is 0.0166. The molecule has 168 valence electrons. The molecule has 0 radical (unpaired) electrons. The molecule has 7 heteroatoms. The molecule has 0 spiro atoms. The number of oxime groups is 1. The van der Waals surface area contributed by atoms with Gasteiger partial charge in [-0.25, -0.2) is 0 Å². The number of rotatable bonds is 9. The minimum Gasteiger partial charge on any atom is -0.484 e. The standard InChI is InChI=1S/C25H29N3O4/c1-2-23(26-32-18-15-27-12-11-21-5-3-4-6-24(21)27)20-7-9-22(10-8-20)31-19-25(29)28-13-16-30-17-14-28/h3-12H,2,13-19H2,1H3. The molecule has 1 amide bonds. The van der Waals surface area contributed by atoms with E-state index >= 15 is 0 Å². The number of benzene rings is 2. The summed E-state index contributed by atoms with van der Waals surface area (Å²) in [6.07, 6.45) is 2.82.